The Labute approximate surface area is 156 Å². The monoisotopic (exact) mass is 360 g/mol. The fourth-order valence-electron chi connectivity index (χ4n) is 3.00. The molecule has 0 aliphatic heterocycles. The number of rotatable bonds is 6. The van der Waals surface area contributed by atoms with E-state index in [2.05, 4.69) is 32.4 Å². The van der Waals surface area contributed by atoms with Gasteiger partial charge in [0.15, 0.2) is 5.65 Å². The minimum atomic E-state index is -0.153. The van der Waals surface area contributed by atoms with Crippen molar-refractivity contribution >= 4 is 17.1 Å². The maximum absolute atomic E-state index is 12.4. The van der Waals surface area contributed by atoms with Crippen LogP contribution in [0.5, 0.6) is 0 Å². The van der Waals surface area contributed by atoms with E-state index in [1.165, 1.54) is 5.56 Å². The van der Waals surface area contributed by atoms with Crippen molar-refractivity contribution < 1.29 is 4.79 Å². The molecule has 1 N–H and O–H groups in total. The van der Waals surface area contributed by atoms with E-state index >= 15 is 0 Å². The number of hydrogen-bond donors (Lipinski definition) is 1. The second-order valence-corrected chi connectivity index (χ2v) is 6.35. The quantitative estimate of drug-likeness (QED) is 0.573. The molecule has 0 atom stereocenters. The zero-order valence-electron chi connectivity index (χ0n) is 15.0. The first-order valence-electron chi connectivity index (χ1n) is 8.81. The Bertz CT molecular complexity index is 1070. The molecule has 0 bridgehead atoms. The summed E-state index contributed by atoms with van der Waals surface area (Å²) in [5.41, 5.74) is 3.17. The zero-order valence-corrected chi connectivity index (χ0v) is 15.0. The third-order valence-corrected chi connectivity index (χ3v) is 4.48. The Morgan fingerprint density at radius 3 is 2.74 bits per heavy atom. The number of amides is 1. The van der Waals surface area contributed by atoms with E-state index in [0.29, 0.717) is 30.7 Å². The van der Waals surface area contributed by atoms with E-state index in [9.17, 15) is 4.79 Å². The Morgan fingerprint density at radius 1 is 1.11 bits per heavy atom. The number of pyridine rings is 1. The molecule has 7 nitrogen and oxygen atoms in total. The van der Waals surface area contributed by atoms with Crippen LogP contribution >= 0.6 is 0 Å². The van der Waals surface area contributed by atoms with Gasteiger partial charge in [0.05, 0.1) is 18.4 Å². The number of fused-ring (bicyclic) bond motifs is 1. The molecule has 4 rings (SSSR count). The molecule has 27 heavy (non-hydrogen) atoms. The molecule has 4 aromatic rings. The molecule has 3 heterocycles. The van der Waals surface area contributed by atoms with Gasteiger partial charge >= 0.3 is 0 Å². The molecule has 0 radical (unpaired) electrons. The van der Waals surface area contributed by atoms with Crippen molar-refractivity contribution in [3.63, 3.8) is 0 Å². The molecule has 0 aliphatic rings. The topological polar surface area (TPSA) is 77.6 Å². The molecule has 3 aromatic heterocycles. The highest BCUT2D eigenvalue weighted by atomic mass is 16.1. The molecular weight excluding hydrogens is 340 g/mol. The van der Waals surface area contributed by atoms with E-state index in [4.69, 9.17) is 0 Å². The summed E-state index contributed by atoms with van der Waals surface area (Å²) in [6.07, 6.45) is 7.01. The number of aryl methyl sites for hydroxylation is 1. The second-order valence-electron chi connectivity index (χ2n) is 6.35. The Hall–Kier alpha value is -3.48. The molecule has 7 heteroatoms. The van der Waals surface area contributed by atoms with E-state index in [1.807, 2.05) is 40.5 Å². The van der Waals surface area contributed by atoms with Gasteiger partial charge in [0.25, 0.3) is 5.91 Å². The molecule has 0 unspecified atom stereocenters. The van der Waals surface area contributed by atoms with Crippen LogP contribution in [0.1, 0.15) is 21.7 Å². The van der Waals surface area contributed by atoms with Gasteiger partial charge in [0.2, 0.25) is 0 Å². The predicted molar refractivity (Wildman–Crippen MR) is 102 cm³/mol. The van der Waals surface area contributed by atoms with Crippen molar-refractivity contribution in [1.82, 2.24) is 29.4 Å². The first-order valence-corrected chi connectivity index (χ1v) is 8.81. The van der Waals surface area contributed by atoms with Gasteiger partial charge in [-0.05, 0) is 18.6 Å². The van der Waals surface area contributed by atoms with Gasteiger partial charge in [-0.3, -0.25) is 4.79 Å². The molecule has 1 amide bonds. The third-order valence-electron chi connectivity index (χ3n) is 4.48. The first kappa shape index (κ1) is 17.0. The largest absolute Gasteiger partial charge is 0.350 e. The van der Waals surface area contributed by atoms with Gasteiger partial charge in [0, 0.05) is 31.7 Å². The standard InChI is InChI=1S/C20H20N6O/c1-15-21-7-9-25(15)10-8-22-20(27)17-11-18-19(23-12-17)26(14-24-18)13-16-5-3-2-4-6-16/h2-7,9,11-12,14H,8,10,13H2,1H3,(H,22,27). The van der Waals surface area contributed by atoms with Crippen LogP contribution in [-0.2, 0) is 13.1 Å². The van der Waals surface area contributed by atoms with Crippen molar-refractivity contribution in [2.45, 2.75) is 20.0 Å². The second kappa shape index (κ2) is 7.41. The maximum Gasteiger partial charge on any atom is 0.252 e. The molecule has 136 valence electrons. The van der Waals surface area contributed by atoms with E-state index < -0.39 is 0 Å². The SMILES string of the molecule is Cc1nccn1CCNC(=O)c1cnc2c(c1)ncn2Cc1ccccc1. The summed E-state index contributed by atoms with van der Waals surface area (Å²) in [6, 6.07) is 11.9. The van der Waals surface area contributed by atoms with Crippen molar-refractivity contribution in [2.75, 3.05) is 6.54 Å². The van der Waals surface area contributed by atoms with Crippen LogP contribution in [0, 0.1) is 6.92 Å². The minimum Gasteiger partial charge on any atom is -0.350 e. The minimum absolute atomic E-state index is 0.153. The molecular formula is C20H20N6O. The number of nitrogens with one attached hydrogen (secondary N) is 1. The van der Waals surface area contributed by atoms with Crippen LogP contribution in [0.4, 0.5) is 0 Å². The maximum atomic E-state index is 12.4. The fraction of sp³-hybridized carbons (Fsp3) is 0.200. The van der Waals surface area contributed by atoms with Gasteiger partial charge in [-0.15, -0.1) is 0 Å². The smallest absolute Gasteiger partial charge is 0.252 e. The highest BCUT2D eigenvalue weighted by molar-refractivity contribution is 5.96. The van der Waals surface area contributed by atoms with Gasteiger partial charge < -0.3 is 14.5 Å². The van der Waals surface area contributed by atoms with Crippen LogP contribution in [-0.4, -0.2) is 36.5 Å². The molecule has 1 aromatic carbocycles. The van der Waals surface area contributed by atoms with Crippen LogP contribution in [0.15, 0.2) is 61.3 Å². The number of benzene rings is 1. The summed E-state index contributed by atoms with van der Waals surface area (Å²) in [5, 5.41) is 2.91. The Balaban J connectivity index is 1.44. The highest BCUT2D eigenvalue weighted by Crippen LogP contribution is 2.14. The summed E-state index contributed by atoms with van der Waals surface area (Å²) in [4.78, 5) is 25.4. The average Bonchev–Trinajstić information content (AvgIpc) is 3.28. The number of carbonyl (C=O) groups is 1. The zero-order chi connectivity index (χ0) is 18.6. The summed E-state index contributed by atoms with van der Waals surface area (Å²) in [6.45, 7) is 3.83. The Morgan fingerprint density at radius 2 is 1.96 bits per heavy atom. The predicted octanol–water partition coefficient (Wildman–Crippen LogP) is 2.41. The summed E-state index contributed by atoms with van der Waals surface area (Å²) < 4.78 is 3.97. The normalized spacial score (nSPS) is 11.0. The molecule has 0 aliphatic carbocycles. The van der Waals surface area contributed by atoms with Gasteiger partial charge in [0.1, 0.15) is 11.3 Å². The van der Waals surface area contributed by atoms with E-state index in [-0.39, 0.29) is 5.91 Å². The highest BCUT2D eigenvalue weighted by Gasteiger charge is 2.11. The van der Waals surface area contributed by atoms with Crippen LogP contribution in [0.25, 0.3) is 11.2 Å². The number of aromatic nitrogens is 5. The summed E-state index contributed by atoms with van der Waals surface area (Å²) in [7, 11) is 0. The van der Waals surface area contributed by atoms with E-state index in [0.717, 1.165) is 11.5 Å². The number of carbonyl (C=O) groups excluding carboxylic acids is 1. The third kappa shape index (κ3) is 3.72. The van der Waals surface area contributed by atoms with E-state index in [1.54, 1.807) is 24.8 Å². The van der Waals surface area contributed by atoms with Crippen molar-refractivity contribution in [3.8, 4) is 0 Å². The van der Waals surface area contributed by atoms with Gasteiger partial charge in [-0.2, -0.15) is 0 Å². The summed E-state index contributed by atoms with van der Waals surface area (Å²) >= 11 is 0. The number of hydrogen-bond acceptors (Lipinski definition) is 4. The number of imidazole rings is 2. The Kier molecular flexibility index (Phi) is 4.65. The van der Waals surface area contributed by atoms with Crippen LogP contribution < -0.4 is 5.32 Å². The lowest BCUT2D eigenvalue weighted by Crippen LogP contribution is -2.27. The molecule has 0 fully saturated rings. The lowest BCUT2D eigenvalue weighted by Gasteiger charge is -2.07. The van der Waals surface area contributed by atoms with Gasteiger partial charge in [-0.1, -0.05) is 30.3 Å². The van der Waals surface area contributed by atoms with Gasteiger partial charge in [-0.25, -0.2) is 15.0 Å². The average molecular weight is 360 g/mol. The first-order chi connectivity index (χ1) is 13.2. The van der Waals surface area contributed by atoms with Crippen LogP contribution in [0.2, 0.25) is 0 Å². The van der Waals surface area contributed by atoms with Crippen LogP contribution in [0.3, 0.4) is 0 Å². The molecule has 0 saturated heterocycles. The lowest BCUT2D eigenvalue weighted by molar-refractivity contribution is 0.0952. The lowest BCUT2D eigenvalue weighted by atomic mass is 10.2. The van der Waals surface area contributed by atoms with Crippen molar-refractivity contribution in [3.05, 3.63) is 78.3 Å². The fourth-order valence-corrected chi connectivity index (χ4v) is 3.00. The summed E-state index contributed by atoms with van der Waals surface area (Å²) in [5.74, 6) is 0.774. The van der Waals surface area contributed by atoms with Crippen molar-refractivity contribution in [2.24, 2.45) is 0 Å². The number of nitrogens with zero attached hydrogens (tertiary/aromatic N) is 5. The van der Waals surface area contributed by atoms with Crippen molar-refractivity contribution in [1.29, 1.82) is 0 Å². The molecule has 0 saturated carbocycles. The molecule has 0 spiro atoms.